The lowest BCUT2D eigenvalue weighted by Crippen LogP contribution is -2.57. The monoisotopic (exact) mass is 500 g/mol. The number of nitrogens with zero attached hydrogens (tertiary/aromatic N) is 3. The highest BCUT2D eigenvalue weighted by molar-refractivity contribution is 7.92. The molecule has 1 unspecified atom stereocenters. The predicted molar refractivity (Wildman–Crippen MR) is 132 cm³/mol. The summed E-state index contributed by atoms with van der Waals surface area (Å²) in [5.41, 5.74) is 13.5. The van der Waals surface area contributed by atoms with Crippen molar-refractivity contribution in [3.8, 4) is 0 Å². The first-order chi connectivity index (χ1) is 16.7. The van der Waals surface area contributed by atoms with E-state index < -0.39 is 26.6 Å². The molecule has 0 bridgehead atoms. The van der Waals surface area contributed by atoms with Gasteiger partial charge < -0.3 is 26.0 Å². The third kappa shape index (κ3) is 4.70. The molecule has 0 saturated carbocycles. The summed E-state index contributed by atoms with van der Waals surface area (Å²) in [5.74, 6) is -0.631. The summed E-state index contributed by atoms with van der Waals surface area (Å²) in [6.07, 6.45) is 4.55. The number of ether oxygens (including phenoxy) is 1. The first kappa shape index (κ1) is 24.9. The van der Waals surface area contributed by atoms with E-state index in [4.69, 9.17) is 21.6 Å². The molecular weight excluding hydrogens is 468 g/mol. The summed E-state index contributed by atoms with van der Waals surface area (Å²) in [6.45, 7) is 3.72. The highest BCUT2D eigenvalue weighted by Crippen LogP contribution is 2.41. The van der Waals surface area contributed by atoms with Crippen LogP contribution in [-0.4, -0.2) is 61.8 Å². The fourth-order valence-electron chi connectivity index (χ4n) is 4.96. The maximum absolute atomic E-state index is 13.8. The first-order valence-electron chi connectivity index (χ1n) is 11.7. The van der Waals surface area contributed by atoms with Crippen LogP contribution in [0.2, 0.25) is 0 Å². The van der Waals surface area contributed by atoms with Crippen molar-refractivity contribution < 1.29 is 17.9 Å². The molecule has 2 aliphatic rings. The minimum absolute atomic E-state index is 0.0529. The fraction of sp³-hybridized carbons (Fsp3) is 0.458. The van der Waals surface area contributed by atoms with Gasteiger partial charge in [-0.15, -0.1) is 0 Å². The van der Waals surface area contributed by atoms with E-state index in [9.17, 15) is 13.2 Å². The quantitative estimate of drug-likeness (QED) is 0.302. The van der Waals surface area contributed by atoms with Crippen molar-refractivity contribution in [2.45, 2.75) is 43.0 Å². The zero-order valence-electron chi connectivity index (χ0n) is 19.8. The van der Waals surface area contributed by atoms with E-state index in [-0.39, 0.29) is 30.3 Å². The van der Waals surface area contributed by atoms with Gasteiger partial charge in [0.1, 0.15) is 10.8 Å². The van der Waals surface area contributed by atoms with Gasteiger partial charge in [-0.3, -0.25) is 15.2 Å². The van der Waals surface area contributed by atoms with Gasteiger partial charge in [0.25, 0.3) is 0 Å². The number of esters is 1. The third-order valence-electron chi connectivity index (χ3n) is 7.10. The van der Waals surface area contributed by atoms with Gasteiger partial charge in [-0.2, -0.15) is 0 Å². The Morgan fingerprint density at radius 3 is 2.49 bits per heavy atom. The number of nitrogens with two attached hydrogens (primary N) is 2. The van der Waals surface area contributed by atoms with Gasteiger partial charge in [-0.1, -0.05) is 6.07 Å². The Labute approximate surface area is 205 Å². The molecule has 0 aliphatic carbocycles. The number of anilines is 1. The van der Waals surface area contributed by atoms with Crippen LogP contribution in [0.25, 0.3) is 0 Å². The largest absolute Gasteiger partial charge is 0.465 e. The van der Waals surface area contributed by atoms with Crippen molar-refractivity contribution in [2.75, 3.05) is 31.1 Å². The number of fused-ring (bicyclic) bond motifs is 1. The summed E-state index contributed by atoms with van der Waals surface area (Å²) in [7, 11) is -4.07. The number of guanidine groups is 1. The number of piperidine rings is 1. The first-order valence-corrected chi connectivity index (χ1v) is 13.3. The number of hydrogen-bond acceptors (Lipinski definition) is 8. The Morgan fingerprint density at radius 2 is 1.86 bits per heavy atom. The molecule has 1 saturated heterocycles. The van der Waals surface area contributed by atoms with E-state index in [1.165, 1.54) is 0 Å². The minimum atomic E-state index is -4.07. The Hall–Kier alpha value is -3.18. The maximum Gasteiger partial charge on any atom is 0.314 e. The second-order valence-corrected chi connectivity index (χ2v) is 11.1. The van der Waals surface area contributed by atoms with E-state index >= 15 is 0 Å². The molecule has 2 aromatic rings. The van der Waals surface area contributed by atoms with E-state index in [1.54, 1.807) is 42.4 Å². The van der Waals surface area contributed by atoms with Crippen molar-refractivity contribution in [3.05, 3.63) is 53.9 Å². The summed E-state index contributed by atoms with van der Waals surface area (Å²) in [5, 5.41) is 6.25. The fourth-order valence-corrected chi connectivity index (χ4v) is 6.74. The molecule has 0 radical (unpaired) electrons. The van der Waals surface area contributed by atoms with E-state index in [2.05, 4.69) is 9.88 Å². The summed E-state index contributed by atoms with van der Waals surface area (Å²) < 4.78 is 32.9. The van der Waals surface area contributed by atoms with Crippen LogP contribution >= 0.6 is 0 Å². The average molecular weight is 501 g/mol. The number of benzene rings is 1. The lowest BCUT2D eigenvalue weighted by Gasteiger charge is -2.43. The Kier molecular flexibility index (Phi) is 7.00. The van der Waals surface area contributed by atoms with E-state index in [0.717, 1.165) is 16.8 Å². The summed E-state index contributed by atoms with van der Waals surface area (Å²) >= 11 is 0. The maximum atomic E-state index is 13.8. The number of carbonyl (C=O) groups is 1. The van der Waals surface area contributed by atoms with Gasteiger partial charge in [0.05, 0.1) is 11.5 Å². The second kappa shape index (κ2) is 9.82. The number of pyridine rings is 1. The minimum Gasteiger partial charge on any atom is -0.465 e. The van der Waals surface area contributed by atoms with Crippen molar-refractivity contribution in [1.82, 2.24) is 9.88 Å². The summed E-state index contributed by atoms with van der Waals surface area (Å²) in [6, 6.07) is 8.71. The lowest BCUT2D eigenvalue weighted by molar-refractivity contribution is -0.157. The smallest absolute Gasteiger partial charge is 0.314 e. The molecule has 1 atom stereocenters. The van der Waals surface area contributed by atoms with Crippen molar-refractivity contribution >= 4 is 27.5 Å². The Morgan fingerprint density at radius 1 is 1.17 bits per heavy atom. The molecule has 0 amide bonds. The Bertz CT molecular complexity index is 1200. The van der Waals surface area contributed by atoms with Crippen LogP contribution < -0.4 is 16.4 Å². The molecule has 1 aromatic carbocycles. The molecule has 1 fully saturated rings. The van der Waals surface area contributed by atoms with Gasteiger partial charge in [-0.05, 0) is 61.6 Å². The van der Waals surface area contributed by atoms with Gasteiger partial charge >= 0.3 is 5.97 Å². The Balaban J connectivity index is 1.63. The SMILES string of the molecule is CCOC(=O)C1(C(N)S(=O)(=O)c2ccc3c(c2)CN(C(=N)N)CC3)CCN(c2ccncc2)CC1. The van der Waals surface area contributed by atoms with Crippen molar-refractivity contribution in [1.29, 1.82) is 5.41 Å². The van der Waals surface area contributed by atoms with Crippen LogP contribution in [0, 0.1) is 10.8 Å². The number of rotatable bonds is 6. The van der Waals surface area contributed by atoms with Gasteiger partial charge in [-0.25, -0.2) is 8.42 Å². The highest BCUT2D eigenvalue weighted by Gasteiger charge is 2.53. The molecule has 0 spiro atoms. The predicted octanol–water partition coefficient (Wildman–Crippen LogP) is 1.24. The molecule has 1 aromatic heterocycles. The van der Waals surface area contributed by atoms with Crippen LogP contribution in [0.5, 0.6) is 0 Å². The number of hydrogen-bond donors (Lipinski definition) is 3. The summed E-state index contributed by atoms with van der Waals surface area (Å²) in [4.78, 5) is 21.1. The van der Waals surface area contributed by atoms with Crippen LogP contribution in [0.15, 0.2) is 47.6 Å². The number of carbonyl (C=O) groups excluding carboxylic acids is 1. The zero-order chi connectivity index (χ0) is 25.2. The van der Waals surface area contributed by atoms with Crippen LogP contribution in [0.3, 0.4) is 0 Å². The zero-order valence-corrected chi connectivity index (χ0v) is 20.6. The van der Waals surface area contributed by atoms with E-state index in [0.29, 0.717) is 32.6 Å². The standard InChI is InChI=1S/C24H32N6O4S/c1-2-34-22(31)24(8-13-29(14-9-24)19-5-10-28-11-6-19)21(25)35(32,33)20-4-3-17-7-12-30(23(26)27)16-18(17)15-20/h3-6,10-11,15,21H,2,7-9,12-14,16,25H2,1H3,(H3,26,27). The molecule has 3 heterocycles. The molecule has 35 heavy (non-hydrogen) atoms. The second-order valence-electron chi connectivity index (χ2n) is 9.02. The van der Waals surface area contributed by atoms with Crippen molar-refractivity contribution in [3.63, 3.8) is 0 Å². The molecular formula is C24H32N6O4S. The van der Waals surface area contributed by atoms with Gasteiger partial charge in [0, 0.05) is 44.3 Å². The van der Waals surface area contributed by atoms with E-state index in [1.807, 2.05) is 12.1 Å². The van der Waals surface area contributed by atoms with Crippen molar-refractivity contribution in [2.24, 2.45) is 16.9 Å². The average Bonchev–Trinajstić information content (AvgIpc) is 2.88. The molecule has 4 rings (SSSR count). The number of sulfone groups is 1. The topological polar surface area (TPSA) is 156 Å². The van der Waals surface area contributed by atoms with Gasteiger partial charge in [0.15, 0.2) is 15.8 Å². The van der Waals surface area contributed by atoms with Crippen LogP contribution in [0.4, 0.5) is 5.69 Å². The van der Waals surface area contributed by atoms with Crippen LogP contribution in [-0.2, 0) is 32.3 Å². The lowest BCUT2D eigenvalue weighted by atomic mass is 9.78. The molecule has 5 N–H and O–H groups in total. The molecule has 10 nitrogen and oxygen atoms in total. The van der Waals surface area contributed by atoms with Gasteiger partial charge in [0.2, 0.25) is 0 Å². The highest BCUT2D eigenvalue weighted by atomic mass is 32.2. The number of aromatic nitrogens is 1. The molecule has 188 valence electrons. The number of nitrogens with one attached hydrogen (secondary N) is 1. The van der Waals surface area contributed by atoms with Crippen LogP contribution in [0.1, 0.15) is 30.9 Å². The normalized spacial score (nSPS) is 18.5. The molecule has 2 aliphatic heterocycles. The third-order valence-corrected chi connectivity index (χ3v) is 9.13. The molecule has 11 heteroatoms.